The first kappa shape index (κ1) is 20.1. The molecule has 1 N–H and O–H groups in total. The van der Waals surface area contributed by atoms with Crippen molar-refractivity contribution < 1.29 is 19.4 Å². The SMILES string of the molecule is CCCCCN1C(=O)C(=O)/C(=C(\O)c2ccc3c(c2)CC(C)O3)C1c1ccccn1. The van der Waals surface area contributed by atoms with E-state index in [9.17, 15) is 14.7 Å². The van der Waals surface area contributed by atoms with Crippen molar-refractivity contribution in [1.82, 2.24) is 9.88 Å². The molecule has 6 heteroatoms. The molecule has 6 nitrogen and oxygen atoms in total. The van der Waals surface area contributed by atoms with Gasteiger partial charge >= 0.3 is 0 Å². The molecule has 2 aliphatic rings. The Hall–Kier alpha value is -3.15. The normalized spacial score (nSPS) is 22.3. The Morgan fingerprint density at radius 2 is 2.07 bits per heavy atom. The van der Waals surface area contributed by atoms with Gasteiger partial charge in [0.05, 0.1) is 11.3 Å². The van der Waals surface area contributed by atoms with Crippen LogP contribution in [0.2, 0.25) is 0 Å². The number of ether oxygens (including phenoxy) is 1. The Bertz CT molecular complexity index is 1000. The van der Waals surface area contributed by atoms with E-state index in [0.717, 1.165) is 37.0 Å². The van der Waals surface area contributed by atoms with E-state index in [1.807, 2.05) is 19.1 Å². The number of hydrogen-bond acceptors (Lipinski definition) is 5. The van der Waals surface area contributed by atoms with Crippen molar-refractivity contribution in [1.29, 1.82) is 0 Å². The van der Waals surface area contributed by atoms with Crippen LogP contribution in [0.1, 0.15) is 56.0 Å². The third-order valence-corrected chi connectivity index (χ3v) is 5.68. The summed E-state index contributed by atoms with van der Waals surface area (Å²) in [6.45, 7) is 4.52. The third kappa shape index (κ3) is 3.58. The zero-order chi connectivity index (χ0) is 21.3. The molecule has 2 aliphatic heterocycles. The molecule has 3 heterocycles. The maximum Gasteiger partial charge on any atom is 0.295 e. The molecular formula is C24H26N2O4. The molecule has 0 saturated carbocycles. The number of aliphatic hydroxyl groups excluding tert-OH is 1. The van der Waals surface area contributed by atoms with Gasteiger partial charge in [0.2, 0.25) is 0 Å². The highest BCUT2D eigenvalue weighted by molar-refractivity contribution is 6.46. The second-order valence-electron chi connectivity index (χ2n) is 7.91. The van der Waals surface area contributed by atoms with Crippen LogP contribution in [-0.4, -0.2) is 39.3 Å². The lowest BCUT2D eigenvalue weighted by Crippen LogP contribution is -2.31. The Kier molecular flexibility index (Phi) is 5.57. The van der Waals surface area contributed by atoms with Gasteiger partial charge in [-0.2, -0.15) is 0 Å². The Labute approximate surface area is 176 Å². The molecule has 4 rings (SSSR count). The zero-order valence-electron chi connectivity index (χ0n) is 17.3. The van der Waals surface area contributed by atoms with Gasteiger partial charge in [0.1, 0.15) is 23.7 Å². The number of unbranched alkanes of at least 4 members (excludes halogenated alkanes) is 2. The number of likely N-dealkylation sites (tertiary alicyclic amines) is 1. The van der Waals surface area contributed by atoms with Gasteiger partial charge in [-0.1, -0.05) is 25.8 Å². The van der Waals surface area contributed by atoms with E-state index in [-0.39, 0.29) is 17.4 Å². The van der Waals surface area contributed by atoms with Crippen molar-refractivity contribution in [3.63, 3.8) is 0 Å². The smallest absolute Gasteiger partial charge is 0.295 e. The van der Waals surface area contributed by atoms with Crippen LogP contribution in [0.5, 0.6) is 5.75 Å². The Morgan fingerprint density at radius 3 is 2.80 bits per heavy atom. The highest BCUT2D eigenvalue weighted by atomic mass is 16.5. The first-order chi connectivity index (χ1) is 14.5. The number of pyridine rings is 1. The molecule has 1 saturated heterocycles. The number of fused-ring (bicyclic) bond motifs is 1. The van der Waals surface area contributed by atoms with Gasteiger partial charge in [0, 0.05) is 24.7 Å². The molecule has 1 aromatic heterocycles. The van der Waals surface area contributed by atoms with E-state index in [2.05, 4.69) is 11.9 Å². The summed E-state index contributed by atoms with van der Waals surface area (Å²) >= 11 is 0. The van der Waals surface area contributed by atoms with Crippen LogP contribution in [0.4, 0.5) is 0 Å². The molecule has 0 radical (unpaired) electrons. The fourth-order valence-corrected chi connectivity index (χ4v) is 4.21. The van der Waals surface area contributed by atoms with E-state index >= 15 is 0 Å². The van der Waals surface area contributed by atoms with Crippen LogP contribution >= 0.6 is 0 Å². The number of carbonyl (C=O) groups is 2. The topological polar surface area (TPSA) is 79.7 Å². The maximum atomic E-state index is 13.0. The molecule has 1 amide bonds. The first-order valence-electron chi connectivity index (χ1n) is 10.5. The van der Waals surface area contributed by atoms with Gasteiger partial charge in [-0.05, 0) is 49.2 Å². The van der Waals surface area contributed by atoms with Gasteiger partial charge in [-0.15, -0.1) is 0 Å². The number of benzene rings is 1. The van der Waals surface area contributed by atoms with E-state index in [4.69, 9.17) is 4.74 Å². The highest BCUT2D eigenvalue weighted by Gasteiger charge is 2.46. The maximum absolute atomic E-state index is 13.0. The summed E-state index contributed by atoms with van der Waals surface area (Å²) < 4.78 is 5.73. The fraction of sp³-hybridized carbons (Fsp3) is 0.375. The van der Waals surface area contributed by atoms with Crippen LogP contribution in [0.3, 0.4) is 0 Å². The van der Waals surface area contributed by atoms with Crippen molar-refractivity contribution in [3.05, 3.63) is 65.0 Å². The number of Topliss-reactive ketones (excluding diaryl/α,β-unsaturated/α-hetero) is 1. The largest absolute Gasteiger partial charge is 0.507 e. The van der Waals surface area contributed by atoms with Gasteiger partial charge < -0.3 is 14.7 Å². The number of carbonyl (C=O) groups excluding carboxylic acids is 2. The van der Waals surface area contributed by atoms with E-state index in [1.54, 1.807) is 35.4 Å². The summed E-state index contributed by atoms with van der Waals surface area (Å²) in [5.41, 5.74) is 2.17. The lowest BCUT2D eigenvalue weighted by atomic mass is 9.97. The quantitative estimate of drug-likeness (QED) is 0.339. The van der Waals surface area contributed by atoms with Gasteiger partial charge in [-0.25, -0.2) is 0 Å². The summed E-state index contributed by atoms with van der Waals surface area (Å²) in [5, 5.41) is 11.1. The lowest BCUT2D eigenvalue weighted by Gasteiger charge is -2.24. The molecule has 156 valence electrons. The predicted molar refractivity (Wildman–Crippen MR) is 113 cm³/mol. The molecule has 1 aromatic carbocycles. The third-order valence-electron chi connectivity index (χ3n) is 5.68. The van der Waals surface area contributed by atoms with Crippen LogP contribution in [0.25, 0.3) is 5.76 Å². The summed E-state index contributed by atoms with van der Waals surface area (Å²) in [4.78, 5) is 31.8. The molecule has 2 unspecified atom stereocenters. The molecule has 0 spiro atoms. The molecule has 2 atom stereocenters. The first-order valence-corrected chi connectivity index (χ1v) is 10.5. The summed E-state index contributed by atoms with van der Waals surface area (Å²) in [7, 11) is 0. The minimum absolute atomic E-state index is 0.0788. The minimum Gasteiger partial charge on any atom is -0.507 e. The average molecular weight is 406 g/mol. The summed E-state index contributed by atoms with van der Waals surface area (Å²) in [6, 6.07) is 10.1. The van der Waals surface area contributed by atoms with Gasteiger partial charge in [0.15, 0.2) is 0 Å². The van der Waals surface area contributed by atoms with Crippen LogP contribution in [0.15, 0.2) is 48.2 Å². The summed E-state index contributed by atoms with van der Waals surface area (Å²) in [5.74, 6) is -0.615. The van der Waals surface area contributed by atoms with Crippen molar-refractivity contribution >= 4 is 17.4 Å². The molecule has 30 heavy (non-hydrogen) atoms. The van der Waals surface area contributed by atoms with E-state index < -0.39 is 17.7 Å². The number of aromatic nitrogens is 1. The molecule has 0 aliphatic carbocycles. The highest BCUT2D eigenvalue weighted by Crippen LogP contribution is 2.40. The monoisotopic (exact) mass is 406 g/mol. The van der Waals surface area contributed by atoms with Crippen molar-refractivity contribution in [2.75, 3.05) is 6.54 Å². The number of aliphatic hydroxyl groups is 1. The molecule has 0 bridgehead atoms. The number of nitrogens with zero attached hydrogens (tertiary/aromatic N) is 2. The van der Waals surface area contributed by atoms with Gasteiger partial charge in [0.25, 0.3) is 11.7 Å². The predicted octanol–water partition coefficient (Wildman–Crippen LogP) is 4.02. The number of amides is 1. The second-order valence-corrected chi connectivity index (χ2v) is 7.91. The van der Waals surface area contributed by atoms with Gasteiger partial charge in [-0.3, -0.25) is 14.6 Å². The number of rotatable bonds is 6. The van der Waals surface area contributed by atoms with Crippen molar-refractivity contribution in [3.8, 4) is 5.75 Å². The van der Waals surface area contributed by atoms with Crippen LogP contribution in [0, 0.1) is 0 Å². The van der Waals surface area contributed by atoms with Crippen molar-refractivity contribution in [2.45, 2.75) is 51.7 Å². The standard InChI is InChI=1S/C24H26N2O4/c1-3-4-7-12-26-21(18-8-5-6-11-25-18)20(23(28)24(26)29)22(27)16-9-10-19-17(14-16)13-15(2)30-19/h5-6,8-11,14-15,21,27H,3-4,7,12-13H2,1-2H3/b22-20-. The van der Waals surface area contributed by atoms with E-state index in [1.165, 1.54) is 0 Å². The minimum atomic E-state index is -0.688. The second kappa shape index (κ2) is 8.30. The zero-order valence-corrected chi connectivity index (χ0v) is 17.3. The van der Waals surface area contributed by atoms with E-state index in [0.29, 0.717) is 17.8 Å². The number of ketones is 1. The average Bonchev–Trinajstić information content (AvgIpc) is 3.25. The summed E-state index contributed by atoms with van der Waals surface area (Å²) in [6.07, 6.45) is 5.21. The lowest BCUT2D eigenvalue weighted by molar-refractivity contribution is -0.140. The van der Waals surface area contributed by atoms with Crippen LogP contribution < -0.4 is 4.74 Å². The molecular weight excluding hydrogens is 380 g/mol. The van der Waals surface area contributed by atoms with Crippen molar-refractivity contribution in [2.24, 2.45) is 0 Å². The number of hydrogen-bond donors (Lipinski definition) is 1. The molecule has 1 fully saturated rings. The Balaban J connectivity index is 1.78. The molecule has 2 aromatic rings. The Morgan fingerprint density at radius 1 is 1.23 bits per heavy atom. The van der Waals surface area contributed by atoms with Crippen LogP contribution in [-0.2, 0) is 16.0 Å². The fourth-order valence-electron chi connectivity index (χ4n) is 4.21.